The molecular formula is C13H13F5N2O3. The zero-order valence-corrected chi connectivity index (χ0v) is 11.8. The molecule has 1 aromatic carbocycles. The second-order valence-corrected chi connectivity index (χ2v) is 5.06. The van der Waals surface area contributed by atoms with E-state index >= 15 is 0 Å². The number of nitrogens with zero attached hydrogens (tertiary/aromatic N) is 2. The second kappa shape index (κ2) is 6.36. The van der Waals surface area contributed by atoms with Crippen LogP contribution in [0.5, 0.6) is 0 Å². The maximum Gasteiger partial charge on any atom is 0.458 e. The van der Waals surface area contributed by atoms with E-state index < -0.39 is 33.8 Å². The van der Waals surface area contributed by atoms with E-state index in [2.05, 4.69) is 0 Å². The van der Waals surface area contributed by atoms with Gasteiger partial charge in [-0.3, -0.25) is 15.0 Å². The van der Waals surface area contributed by atoms with Gasteiger partial charge in [0.25, 0.3) is 5.69 Å². The van der Waals surface area contributed by atoms with Crippen molar-refractivity contribution in [2.24, 2.45) is 0 Å². The van der Waals surface area contributed by atoms with Crippen LogP contribution in [0.3, 0.4) is 0 Å². The van der Waals surface area contributed by atoms with Gasteiger partial charge in [-0.2, -0.15) is 22.0 Å². The largest absolute Gasteiger partial charge is 0.458 e. The van der Waals surface area contributed by atoms with E-state index in [0.717, 1.165) is 6.07 Å². The average Bonchev–Trinajstić information content (AvgIpc) is 2.46. The van der Waals surface area contributed by atoms with Gasteiger partial charge in [0.2, 0.25) is 0 Å². The predicted molar refractivity (Wildman–Crippen MR) is 69.1 cm³/mol. The summed E-state index contributed by atoms with van der Waals surface area (Å²) >= 11 is 0. The fraction of sp³-hybridized carbons (Fsp3) is 0.538. The van der Waals surface area contributed by atoms with Gasteiger partial charge in [0.15, 0.2) is 0 Å². The van der Waals surface area contributed by atoms with Crippen molar-refractivity contribution in [3.8, 4) is 0 Å². The number of nitro benzene ring substituents is 1. The quantitative estimate of drug-likeness (QED) is 0.480. The van der Waals surface area contributed by atoms with Gasteiger partial charge in [-0.1, -0.05) is 0 Å². The average molecular weight is 340 g/mol. The first kappa shape index (κ1) is 17.5. The third kappa shape index (κ3) is 3.75. The third-order valence-electron chi connectivity index (χ3n) is 3.49. The minimum Gasteiger partial charge on any atom is -0.379 e. The van der Waals surface area contributed by atoms with E-state index in [4.69, 9.17) is 4.74 Å². The van der Waals surface area contributed by atoms with E-state index in [1.165, 1.54) is 0 Å². The summed E-state index contributed by atoms with van der Waals surface area (Å²) in [5.41, 5.74) is -2.21. The van der Waals surface area contributed by atoms with Crippen molar-refractivity contribution < 1.29 is 31.6 Å². The first-order chi connectivity index (χ1) is 10.6. The Labute approximate surface area is 127 Å². The molecule has 128 valence electrons. The summed E-state index contributed by atoms with van der Waals surface area (Å²) in [4.78, 5) is 11.5. The fourth-order valence-electron chi connectivity index (χ4n) is 2.28. The highest BCUT2D eigenvalue weighted by Crippen LogP contribution is 2.45. The Morgan fingerprint density at radius 2 is 1.78 bits per heavy atom. The monoisotopic (exact) mass is 340 g/mol. The molecule has 1 saturated heterocycles. The number of benzene rings is 1. The molecule has 5 nitrogen and oxygen atoms in total. The van der Waals surface area contributed by atoms with Crippen molar-refractivity contribution >= 4 is 5.69 Å². The number of hydrogen-bond acceptors (Lipinski definition) is 4. The van der Waals surface area contributed by atoms with Crippen LogP contribution in [0.25, 0.3) is 0 Å². The molecule has 0 amide bonds. The van der Waals surface area contributed by atoms with Gasteiger partial charge in [0, 0.05) is 37.3 Å². The van der Waals surface area contributed by atoms with E-state index in [-0.39, 0.29) is 6.54 Å². The summed E-state index contributed by atoms with van der Waals surface area (Å²) in [7, 11) is 0. The molecule has 1 aliphatic rings. The molecule has 0 aromatic heterocycles. The Hall–Kier alpha value is -1.81. The highest BCUT2D eigenvalue weighted by Gasteiger charge is 2.59. The fourth-order valence-corrected chi connectivity index (χ4v) is 2.28. The molecule has 10 heteroatoms. The van der Waals surface area contributed by atoms with Crippen molar-refractivity contribution in [3.63, 3.8) is 0 Å². The molecule has 0 atom stereocenters. The molecule has 1 aromatic rings. The van der Waals surface area contributed by atoms with Crippen LogP contribution in [0.15, 0.2) is 18.2 Å². The highest BCUT2D eigenvalue weighted by molar-refractivity contribution is 5.42. The van der Waals surface area contributed by atoms with Crippen molar-refractivity contribution in [3.05, 3.63) is 39.4 Å². The van der Waals surface area contributed by atoms with E-state index in [0.29, 0.717) is 38.4 Å². The molecule has 0 N–H and O–H groups in total. The zero-order chi connectivity index (χ0) is 17.3. The van der Waals surface area contributed by atoms with Gasteiger partial charge in [-0.25, -0.2) is 0 Å². The van der Waals surface area contributed by atoms with Gasteiger partial charge in [-0.05, 0) is 11.6 Å². The smallest absolute Gasteiger partial charge is 0.379 e. The topological polar surface area (TPSA) is 55.6 Å². The summed E-state index contributed by atoms with van der Waals surface area (Å²) in [5.74, 6) is -5.08. The minimum absolute atomic E-state index is 0.244. The highest BCUT2D eigenvalue weighted by atomic mass is 19.4. The Balaban J connectivity index is 2.42. The van der Waals surface area contributed by atoms with Gasteiger partial charge < -0.3 is 4.74 Å². The molecule has 2 rings (SSSR count). The molecule has 1 aliphatic heterocycles. The van der Waals surface area contributed by atoms with Gasteiger partial charge in [0.1, 0.15) is 0 Å². The Kier molecular flexibility index (Phi) is 4.85. The van der Waals surface area contributed by atoms with Crippen LogP contribution in [-0.2, 0) is 17.2 Å². The maximum absolute atomic E-state index is 13.7. The van der Waals surface area contributed by atoms with E-state index in [1.54, 1.807) is 4.90 Å². The van der Waals surface area contributed by atoms with Crippen LogP contribution in [0, 0.1) is 10.1 Å². The van der Waals surface area contributed by atoms with Crippen LogP contribution < -0.4 is 0 Å². The standard InChI is InChI=1S/C13H13F5N2O3/c14-12(15,13(16,17)18)11-2-1-10(20(21)22)7-9(11)8-19-3-5-23-6-4-19/h1-2,7H,3-6,8H2. The van der Waals surface area contributed by atoms with Crippen LogP contribution in [0.4, 0.5) is 27.6 Å². The van der Waals surface area contributed by atoms with Crippen LogP contribution in [-0.4, -0.2) is 42.3 Å². The number of morpholine rings is 1. The van der Waals surface area contributed by atoms with Gasteiger partial charge in [0.05, 0.1) is 18.1 Å². The lowest BCUT2D eigenvalue weighted by Gasteiger charge is -2.29. The summed E-state index contributed by atoms with van der Waals surface area (Å²) in [6.45, 7) is 1.09. The van der Waals surface area contributed by atoms with Crippen molar-refractivity contribution in [2.75, 3.05) is 26.3 Å². The predicted octanol–water partition coefficient (Wildman–Crippen LogP) is 3.08. The normalized spacial score (nSPS) is 17.3. The molecule has 1 fully saturated rings. The van der Waals surface area contributed by atoms with Crippen LogP contribution in [0.1, 0.15) is 11.1 Å². The first-order valence-corrected chi connectivity index (χ1v) is 6.65. The summed E-state index contributed by atoms with van der Waals surface area (Å²) in [5, 5.41) is 10.8. The third-order valence-corrected chi connectivity index (χ3v) is 3.49. The molecule has 1 heterocycles. The zero-order valence-electron chi connectivity index (χ0n) is 11.8. The van der Waals surface area contributed by atoms with E-state index in [9.17, 15) is 32.1 Å². The van der Waals surface area contributed by atoms with Crippen molar-refractivity contribution in [1.29, 1.82) is 0 Å². The lowest BCUT2D eigenvalue weighted by molar-refractivity contribution is -0.385. The number of alkyl halides is 5. The molecule has 0 aliphatic carbocycles. The van der Waals surface area contributed by atoms with Crippen LogP contribution >= 0.6 is 0 Å². The Morgan fingerprint density at radius 3 is 2.30 bits per heavy atom. The minimum atomic E-state index is -5.77. The summed E-state index contributed by atoms with van der Waals surface area (Å²) < 4.78 is 70.3. The maximum atomic E-state index is 13.7. The van der Waals surface area contributed by atoms with Crippen LogP contribution in [0.2, 0.25) is 0 Å². The molecule has 0 saturated carbocycles. The molecule has 0 unspecified atom stereocenters. The first-order valence-electron chi connectivity index (χ1n) is 6.65. The SMILES string of the molecule is O=[N+]([O-])c1ccc(C(F)(F)C(F)(F)F)c(CN2CCOCC2)c1. The second-order valence-electron chi connectivity index (χ2n) is 5.06. The number of non-ortho nitro benzene ring substituents is 1. The van der Waals surface area contributed by atoms with Gasteiger partial charge >= 0.3 is 12.1 Å². The Morgan fingerprint density at radius 1 is 1.17 bits per heavy atom. The number of nitro groups is 1. The number of hydrogen-bond donors (Lipinski definition) is 0. The van der Waals surface area contributed by atoms with Crippen molar-refractivity contribution in [2.45, 2.75) is 18.6 Å². The van der Waals surface area contributed by atoms with Gasteiger partial charge in [-0.15, -0.1) is 0 Å². The van der Waals surface area contributed by atoms with Crippen molar-refractivity contribution in [1.82, 2.24) is 4.90 Å². The molecular weight excluding hydrogens is 327 g/mol. The molecule has 0 bridgehead atoms. The number of rotatable bonds is 4. The molecule has 23 heavy (non-hydrogen) atoms. The number of ether oxygens (including phenoxy) is 1. The Bertz CT molecular complexity index is 585. The summed E-state index contributed by atoms with van der Waals surface area (Å²) in [6, 6.07) is 1.89. The van der Waals surface area contributed by atoms with E-state index in [1.807, 2.05) is 0 Å². The summed E-state index contributed by atoms with van der Waals surface area (Å²) in [6.07, 6.45) is -5.77. The molecule has 0 spiro atoms. The lowest BCUT2D eigenvalue weighted by Crippen LogP contribution is -2.38. The number of halogens is 5. The molecule has 0 radical (unpaired) electrons. The lowest BCUT2D eigenvalue weighted by atomic mass is 9.99.